The van der Waals surface area contributed by atoms with Gasteiger partial charge in [0.2, 0.25) is 5.43 Å². The van der Waals surface area contributed by atoms with Crippen molar-refractivity contribution in [2.45, 2.75) is 0 Å². The van der Waals surface area contributed by atoms with Gasteiger partial charge in [-0.25, -0.2) is 0 Å². The van der Waals surface area contributed by atoms with Crippen molar-refractivity contribution in [3.8, 4) is 5.75 Å². The minimum absolute atomic E-state index is 0.199. The van der Waals surface area contributed by atoms with Gasteiger partial charge in [-0.05, 0) is 0 Å². The summed E-state index contributed by atoms with van der Waals surface area (Å²) in [5.41, 5.74) is -0.619. The second kappa shape index (κ2) is 4.70. The van der Waals surface area contributed by atoms with E-state index in [0.29, 0.717) is 0 Å². The summed E-state index contributed by atoms with van der Waals surface area (Å²) in [6.07, 6.45) is 3.49. The third-order valence-corrected chi connectivity index (χ3v) is 1.18. The molecule has 0 atom stereocenters. The molecule has 14 heavy (non-hydrogen) atoms. The van der Waals surface area contributed by atoms with Crippen molar-refractivity contribution in [1.82, 2.24) is 5.16 Å². The van der Waals surface area contributed by atoms with E-state index in [0.717, 1.165) is 12.3 Å². The summed E-state index contributed by atoms with van der Waals surface area (Å²) < 4.78 is 8.72. The Morgan fingerprint density at radius 1 is 1.21 bits per heavy atom. The highest BCUT2D eigenvalue weighted by Crippen LogP contribution is 1.94. The van der Waals surface area contributed by atoms with Crippen LogP contribution < -0.4 is 11.0 Å². The first-order valence-electron chi connectivity index (χ1n) is 3.58. The van der Waals surface area contributed by atoms with Crippen molar-refractivity contribution in [2.24, 2.45) is 0 Å². The molecule has 0 unspecified atom stereocenters. The van der Waals surface area contributed by atoms with Gasteiger partial charge in [-0.15, -0.1) is 0 Å². The molecule has 0 bridgehead atoms. The van der Waals surface area contributed by atoms with Gasteiger partial charge in [0.25, 0.3) is 5.56 Å². The fraction of sp³-hybridized carbons (Fsp3) is 0. The van der Waals surface area contributed by atoms with Crippen LogP contribution in [0.15, 0.2) is 49.5 Å². The Balaban J connectivity index is 0.000000146. The van der Waals surface area contributed by atoms with Gasteiger partial charge in [0.1, 0.15) is 12.5 Å². The molecule has 0 aliphatic rings. The van der Waals surface area contributed by atoms with E-state index in [2.05, 4.69) is 14.1 Å². The smallest absolute Gasteiger partial charge is 0.279 e. The highest BCUT2D eigenvalue weighted by Gasteiger charge is 1.89. The molecule has 0 aliphatic heterocycles. The SMILES string of the molecule is O=c1cco[nH]1.O=c1ccocc1O. The van der Waals surface area contributed by atoms with E-state index in [1.54, 1.807) is 0 Å². The first-order valence-corrected chi connectivity index (χ1v) is 3.58. The predicted molar refractivity (Wildman–Crippen MR) is 46.0 cm³/mol. The van der Waals surface area contributed by atoms with Crippen LogP contribution in [-0.4, -0.2) is 10.3 Å². The topological polar surface area (TPSA) is 96.4 Å². The maximum atomic E-state index is 10.3. The Labute approximate surface area is 77.4 Å². The number of rotatable bonds is 0. The Morgan fingerprint density at radius 3 is 2.29 bits per heavy atom. The molecular formula is C8H7NO5. The second-order valence-electron chi connectivity index (χ2n) is 2.19. The molecule has 0 fully saturated rings. The third-order valence-electron chi connectivity index (χ3n) is 1.18. The molecule has 0 radical (unpaired) electrons. The van der Waals surface area contributed by atoms with Crippen LogP contribution in [0, 0.1) is 0 Å². The summed E-state index contributed by atoms with van der Waals surface area (Å²) in [4.78, 5) is 20.2. The number of aromatic hydroxyl groups is 1. The number of aromatic amines is 1. The first kappa shape index (κ1) is 9.85. The Kier molecular flexibility index (Phi) is 3.31. The molecule has 0 aliphatic carbocycles. The maximum Gasteiger partial charge on any atom is 0.279 e. The molecule has 6 nitrogen and oxygen atoms in total. The molecule has 0 saturated carbocycles. The first-order chi connectivity index (χ1) is 6.70. The van der Waals surface area contributed by atoms with Crippen LogP contribution in [0.25, 0.3) is 0 Å². The van der Waals surface area contributed by atoms with E-state index < -0.39 is 5.43 Å². The van der Waals surface area contributed by atoms with Gasteiger partial charge < -0.3 is 14.0 Å². The number of hydrogen-bond acceptors (Lipinski definition) is 5. The standard InChI is InChI=1S/C5H4O3.C3H3NO2/c6-4-1-2-8-3-5(4)7;5-3-1-2-6-4-3/h1-3,7H;1-2H,(H,4,5). The average molecular weight is 197 g/mol. The monoisotopic (exact) mass is 197 g/mol. The lowest BCUT2D eigenvalue weighted by molar-refractivity contribution is 0.413. The number of hydrogen-bond donors (Lipinski definition) is 2. The molecule has 2 rings (SSSR count). The minimum Gasteiger partial charge on any atom is -0.502 e. The number of nitrogens with one attached hydrogen (secondary N) is 1. The highest BCUT2D eigenvalue weighted by atomic mass is 16.5. The highest BCUT2D eigenvalue weighted by molar-refractivity contribution is 5.10. The molecule has 2 aromatic heterocycles. The van der Waals surface area contributed by atoms with Gasteiger partial charge in [0.15, 0.2) is 5.75 Å². The van der Waals surface area contributed by atoms with Gasteiger partial charge in [-0.3, -0.25) is 9.59 Å². The van der Waals surface area contributed by atoms with Crippen LogP contribution >= 0.6 is 0 Å². The normalized spacial score (nSPS) is 8.86. The van der Waals surface area contributed by atoms with Crippen LogP contribution in [0.1, 0.15) is 0 Å². The molecule has 0 amide bonds. The lowest BCUT2D eigenvalue weighted by atomic mass is 10.5. The summed E-state index contributed by atoms with van der Waals surface area (Å²) in [5.74, 6) is -0.354. The molecule has 0 saturated heterocycles. The summed E-state index contributed by atoms with van der Waals surface area (Å²) in [6.45, 7) is 0. The summed E-state index contributed by atoms with van der Waals surface area (Å²) in [7, 11) is 0. The third kappa shape index (κ3) is 3.02. The van der Waals surface area contributed by atoms with Gasteiger partial charge >= 0.3 is 0 Å². The van der Waals surface area contributed by atoms with E-state index in [4.69, 9.17) is 5.11 Å². The van der Waals surface area contributed by atoms with E-state index in [1.165, 1.54) is 18.6 Å². The second-order valence-corrected chi connectivity index (χ2v) is 2.19. The average Bonchev–Trinajstić information content (AvgIpc) is 2.63. The fourth-order valence-corrected chi connectivity index (χ4v) is 0.570. The van der Waals surface area contributed by atoms with Gasteiger partial charge in [0.05, 0.1) is 6.26 Å². The minimum atomic E-state index is -0.420. The number of aromatic nitrogens is 1. The zero-order valence-corrected chi connectivity index (χ0v) is 6.97. The summed E-state index contributed by atoms with van der Waals surface area (Å²) in [5, 5.41) is 10.6. The molecule has 74 valence electrons. The van der Waals surface area contributed by atoms with Crippen LogP contribution in [0.5, 0.6) is 5.75 Å². The number of H-pyrrole nitrogens is 1. The molecule has 0 spiro atoms. The lowest BCUT2D eigenvalue weighted by Gasteiger charge is -1.82. The molecule has 6 heteroatoms. The zero-order valence-electron chi connectivity index (χ0n) is 6.97. The molecule has 2 aromatic rings. The van der Waals surface area contributed by atoms with Gasteiger partial charge in [0, 0.05) is 12.1 Å². The molecule has 0 aromatic carbocycles. The van der Waals surface area contributed by atoms with Crippen molar-refractivity contribution in [2.75, 3.05) is 0 Å². The Bertz CT molecular complexity index is 464. The molecular weight excluding hydrogens is 190 g/mol. The van der Waals surface area contributed by atoms with E-state index in [9.17, 15) is 9.59 Å². The largest absolute Gasteiger partial charge is 0.502 e. The van der Waals surface area contributed by atoms with Crippen molar-refractivity contribution < 1.29 is 14.0 Å². The van der Waals surface area contributed by atoms with Crippen LogP contribution in [0.4, 0.5) is 0 Å². The molecule has 2 N–H and O–H groups in total. The Morgan fingerprint density at radius 2 is 2.00 bits per heavy atom. The van der Waals surface area contributed by atoms with Crippen molar-refractivity contribution in [3.05, 3.63) is 51.5 Å². The lowest BCUT2D eigenvalue weighted by Crippen LogP contribution is -1.93. The van der Waals surface area contributed by atoms with Crippen molar-refractivity contribution in [1.29, 1.82) is 0 Å². The van der Waals surface area contributed by atoms with Crippen LogP contribution in [0.3, 0.4) is 0 Å². The Hall–Kier alpha value is -2.24. The van der Waals surface area contributed by atoms with Gasteiger partial charge in [-0.1, -0.05) is 0 Å². The molecule has 2 heterocycles. The van der Waals surface area contributed by atoms with Crippen molar-refractivity contribution >= 4 is 0 Å². The zero-order chi connectivity index (χ0) is 10.4. The van der Waals surface area contributed by atoms with Crippen LogP contribution in [0.2, 0.25) is 0 Å². The fourth-order valence-electron chi connectivity index (χ4n) is 0.570. The van der Waals surface area contributed by atoms with E-state index >= 15 is 0 Å². The summed E-state index contributed by atoms with van der Waals surface area (Å²) in [6, 6.07) is 2.45. The van der Waals surface area contributed by atoms with E-state index in [-0.39, 0.29) is 11.3 Å². The quantitative estimate of drug-likeness (QED) is 0.633. The van der Waals surface area contributed by atoms with Crippen molar-refractivity contribution in [3.63, 3.8) is 0 Å². The van der Waals surface area contributed by atoms with Gasteiger partial charge in [-0.2, -0.15) is 5.16 Å². The van der Waals surface area contributed by atoms with E-state index in [1.807, 2.05) is 0 Å². The maximum absolute atomic E-state index is 10.3. The predicted octanol–water partition coefficient (Wildman–Crippen LogP) is 0.313. The van der Waals surface area contributed by atoms with Crippen LogP contribution in [-0.2, 0) is 0 Å². The summed E-state index contributed by atoms with van der Waals surface area (Å²) >= 11 is 0.